The quantitative estimate of drug-likeness (QED) is 0.611. The maximum Gasteiger partial charge on any atom is 0.243 e. The van der Waals surface area contributed by atoms with E-state index in [9.17, 15) is 13.2 Å². The normalized spacial score (nSPS) is 16.4. The molecule has 0 spiro atoms. The number of sulfonamides is 1. The van der Waals surface area contributed by atoms with E-state index in [0.29, 0.717) is 30.8 Å². The van der Waals surface area contributed by atoms with Gasteiger partial charge in [-0.2, -0.15) is 4.31 Å². The summed E-state index contributed by atoms with van der Waals surface area (Å²) in [5, 5.41) is 3.24. The van der Waals surface area contributed by atoms with Gasteiger partial charge in [0.05, 0.1) is 10.9 Å². The molecule has 1 saturated heterocycles. The Morgan fingerprint density at radius 3 is 2.06 bits per heavy atom. The van der Waals surface area contributed by atoms with Crippen molar-refractivity contribution in [2.75, 3.05) is 13.1 Å². The molecular weight excluding hydrogens is 420 g/mol. The minimum atomic E-state index is -3.52. The lowest BCUT2D eigenvalue weighted by atomic mass is 9.92. The van der Waals surface area contributed by atoms with Gasteiger partial charge in [0, 0.05) is 19.0 Å². The number of benzene rings is 3. The van der Waals surface area contributed by atoms with Gasteiger partial charge in [0.25, 0.3) is 0 Å². The van der Waals surface area contributed by atoms with Gasteiger partial charge in [0.1, 0.15) is 0 Å². The van der Waals surface area contributed by atoms with Gasteiger partial charge in [-0.1, -0.05) is 72.8 Å². The van der Waals surface area contributed by atoms with Gasteiger partial charge in [0.15, 0.2) is 0 Å². The van der Waals surface area contributed by atoms with Crippen LogP contribution in [0.15, 0.2) is 89.8 Å². The Kier molecular flexibility index (Phi) is 6.72. The fraction of sp³-hybridized carbons (Fsp3) is 0.269. The molecule has 1 aliphatic heterocycles. The van der Waals surface area contributed by atoms with Crippen molar-refractivity contribution in [2.45, 2.75) is 30.7 Å². The summed E-state index contributed by atoms with van der Waals surface area (Å²) < 4.78 is 27.2. The summed E-state index contributed by atoms with van der Waals surface area (Å²) in [4.78, 5) is 13.5. The molecule has 1 aliphatic rings. The average molecular weight is 449 g/mol. The first-order valence-electron chi connectivity index (χ1n) is 10.9. The molecule has 1 fully saturated rings. The van der Waals surface area contributed by atoms with Gasteiger partial charge in [-0.25, -0.2) is 8.42 Å². The van der Waals surface area contributed by atoms with Crippen LogP contribution >= 0.6 is 0 Å². The summed E-state index contributed by atoms with van der Waals surface area (Å²) in [5.74, 6) is -0.244. The minimum absolute atomic E-state index is 0.0288. The molecule has 3 aromatic rings. The fourth-order valence-electron chi connectivity index (χ4n) is 4.26. The number of nitrogens with zero attached hydrogens (tertiary/aromatic N) is 1. The van der Waals surface area contributed by atoms with Crippen LogP contribution in [-0.2, 0) is 14.8 Å². The van der Waals surface area contributed by atoms with Crippen LogP contribution in [0.1, 0.15) is 35.6 Å². The number of carbonyl (C=O) groups is 1. The van der Waals surface area contributed by atoms with Crippen molar-refractivity contribution < 1.29 is 13.2 Å². The maximum absolute atomic E-state index is 13.2. The van der Waals surface area contributed by atoms with Crippen molar-refractivity contribution in [1.29, 1.82) is 0 Å². The van der Waals surface area contributed by atoms with Crippen molar-refractivity contribution in [1.82, 2.24) is 9.62 Å². The number of nitrogens with one attached hydrogen (secondary N) is 1. The predicted molar refractivity (Wildman–Crippen MR) is 126 cm³/mol. The van der Waals surface area contributed by atoms with Gasteiger partial charge in [-0.15, -0.1) is 0 Å². The number of hydrogen-bond donors (Lipinski definition) is 1. The third kappa shape index (κ3) is 4.76. The smallest absolute Gasteiger partial charge is 0.243 e. The van der Waals surface area contributed by atoms with Gasteiger partial charge in [-0.3, -0.25) is 4.79 Å². The molecule has 1 amide bonds. The largest absolute Gasteiger partial charge is 0.345 e. The van der Waals surface area contributed by atoms with Crippen LogP contribution in [0.2, 0.25) is 0 Å². The minimum Gasteiger partial charge on any atom is -0.345 e. The second-order valence-corrected chi connectivity index (χ2v) is 10.1. The zero-order chi connectivity index (χ0) is 22.6. The van der Waals surface area contributed by atoms with Crippen molar-refractivity contribution >= 4 is 15.9 Å². The Hall–Kier alpha value is -2.96. The fourth-order valence-corrected chi connectivity index (χ4v) is 5.75. The molecule has 166 valence electrons. The first-order valence-corrected chi connectivity index (χ1v) is 12.4. The second-order valence-electron chi connectivity index (χ2n) is 8.20. The van der Waals surface area contributed by atoms with Crippen LogP contribution in [0.4, 0.5) is 0 Å². The van der Waals surface area contributed by atoms with Crippen LogP contribution < -0.4 is 5.32 Å². The van der Waals surface area contributed by atoms with Gasteiger partial charge < -0.3 is 5.32 Å². The second kappa shape index (κ2) is 9.67. The number of carbonyl (C=O) groups excluding carboxylic acids is 1. The van der Waals surface area contributed by atoms with Crippen molar-refractivity contribution in [3.05, 3.63) is 102 Å². The van der Waals surface area contributed by atoms with Crippen LogP contribution in [0.3, 0.4) is 0 Å². The monoisotopic (exact) mass is 448 g/mol. The van der Waals surface area contributed by atoms with E-state index < -0.39 is 10.0 Å². The van der Waals surface area contributed by atoms with E-state index in [2.05, 4.69) is 5.32 Å². The van der Waals surface area contributed by atoms with Gasteiger partial charge in [-0.05, 0) is 48.6 Å². The molecule has 5 nitrogen and oxygen atoms in total. The third-order valence-corrected chi connectivity index (χ3v) is 8.04. The lowest BCUT2D eigenvalue weighted by Crippen LogP contribution is -2.43. The van der Waals surface area contributed by atoms with Crippen LogP contribution in [-0.4, -0.2) is 31.7 Å². The molecule has 0 saturated carbocycles. The highest BCUT2D eigenvalue weighted by Crippen LogP contribution is 2.28. The summed E-state index contributed by atoms with van der Waals surface area (Å²) >= 11 is 0. The van der Waals surface area contributed by atoms with Crippen molar-refractivity contribution in [3.8, 4) is 0 Å². The number of aryl methyl sites for hydroxylation is 1. The molecule has 0 radical (unpaired) electrons. The zero-order valence-electron chi connectivity index (χ0n) is 18.1. The number of piperidine rings is 1. The molecular formula is C26H28N2O3S. The van der Waals surface area contributed by atoms with E-state index in [1.54, 1.807) is 30.3 Å². The maximum atomic E-state index is 13.2. The summed E-state index contributed by atoms with van der Waals surface area (Å²) in [6, 6.07) is 26.2. The Bertz CT molecular complexity index is 1160. The van der Waals surface area contributed by atoms with E-state index >= 15 is 0 Å². The highest BCUT2D eigenvalue weighted by Gasteiger charge is 2.33. The highest BCUT2D eigenvalue weighted by atomic mass is 32.2. The SMILES string of the molecule is Cc1ccccc1[C@H](NC(=O)C1CCN(S(=O)(=O)c2ccccc2)CC1)c1ccccc1. The van der Waals surface area contributed by atoms with Crippen LogP contribution in [0.5, 0.6) is 0 Å². The van der Waals surface area contributed by atoms with E-state index in [4.69, 9.17) is 0 Å². The number of hydrogen-bond acceptors (Lipinski definition) is 3. The molecule has 0 aliphatic carbocycles. The van der Waals surface area contributed by atoms with Crippen molar-refractivity contribution in [2.24, 2.45) is 5.92 Å². The average Bonchev–Trinajstić information content (AvgIpc) is 2.84. The Morgan fingerprint density at radius 1 is 0.875 bits per heavy atom. The summed E-state index contributed by atoms with van der Waals surface area (Å²) in [6.45, 7) is 2.73. The Morgan fingerprint density at radius 2 is 1.44 bits per heavy atom. The molecule has 3 aromatic carbocycles. The van der Waals surface area contributed by atoms with E-state index in [0.717, 1.165) is 16.7 Å². The summed E-state index contributed by atoms with van der Waals surface area (Å²) in [6.07, 6.45) is 1.01. The molecule has 32 heavy (non-hydrogen) atoms. The number of amides is 1. The lowest BCUT2D eigenvalue weighted by molar-refractivity contribution is -0.126. The Balaban J connectivity index is 1.47. The van der Waals surface area contributed by atoms with Crippen LogP contribution in [0, 0.1) is 12.8 Å². The van der Waals surface area contributed by atoms with E-state index in [-0.39, 0.29) is 17.9 Å². The molecule has 0 bridgehead atoms. The highest BCUT2D eigenvalue weighted by molar-refractivity contribution is 7.89. The van der Waals surface area contributed by atoms with Crippen LogP contribution in [0.25, 0.3) is 0 Å². The van der Waals surface area contributed by atoms with E-state index in [1.807, 2.05) is 61.5 Å². The Labute approximate surface area is 190 Å². The third-order valence-electron chi connectivity index (χ3n) is 6.12. The first-order chi connectivity index (χ1) is 15.5. The standard InChI is InChI=1S/C26H28N2O3S/c1-20-10-8-9-15-24(20)25(21-11-4-2-5-12-21)27-26(29)22-16-18-28(19-17-22)32(30,31)23-13-6-3-7-14-23/h2-15,22,25H,16-19H2,1H3,(H,27,29)/t25-/m1/s1. The van der Waals surface area contributed by atoms with E-state index in [1.165, 1.54) is 4.31 Å². The molecule has 0 aromatic heterocycles. The van der Waals surface area contributed by atoms with Gasteiger partial charge >= 0.3 is 0 Å². The molecule has 6 heteroatoms. The first kappa shape index (κ1) is 22.2. The lowest BCUT2D eigenvalue weighted by Gasteiger charge is -2.32. The molecule has 1 N–H and O–H groups in total. The summed E-state index contributed by atoms with van der Waals surface area (Å²) in [7, 11) is -3.52. The topological polar surface area (TPSA) is 66.5 Å². The molecule has 1 heterocycles. The molecule has 0 unspecified atom stereocenters. The number of rotatable bonds is 6. The summed E-state index contributed by atoms with van der Waals surface area (Å²) in [5.41, 5.74) is 3.21. The van der Waals surface area contributed by atoms with Crippen molar-refractivity contribution in [3.63, 3.8) is 0 Å². The molecule has 1 atom stereocenters. The van der Waals surface area contributed by atoms with Gasteiger partial charge in [0.2, 0.25) is 15.9 Å². The predicted octanol–water partition coefficient (Wildman–Crippen LogP) is 4.30. The zero-order valence-corrected chi connectivity index (χ0v) is 19.0. The molecule has 4 rings (SSSR count).